The lowest BCUT2D eigenvalue weighted by molar-refractivity contribution is 0.0734. The van der Waals surface area contributed by atoms with Crippen LogP contribution < -0.4 is 9.47 Å². The molecule has 0 aliphatic carbocycles. The number of nitrogens with zero attached hydrogens (tertiary/aromatic N) is 1. The third-order valence-electron chi connectivity index (χ3n) is 5.37. The Bertz CT molecular complexity index is 947. The van der Waals surface area contributed by atoms with Gasteiger partial charge in [0.2, 0.25) is 0 Å². The van der Waals surface area contributed by atoms with E-state index in [0.29, 0.717) is 11.3 Å². The lowest BCUT2D eigenvalue weighted by Crippen LogP contribution is -2.08. The van der Waals surface area contributed by atoms with Crippen molar-refractivity contribution in [1.82, 2.24) is 4.98 Å². The number of hydrogen-bond donors (Lipinski definition) is 0. The topological polar surface area (TPSA) is 48.4 Å². The minimum atomic E-state index is -0.373. The van der Waals surface area contributed by atoms with Crippen molar-refractivity contribution in [2.45, 2.75) is 58.8 Å². The second-order valence-corrected chi connectivity index (χ2v) is 8.00. The highest BCUT2D eigenvalue weighted by molar-refractivity contribution is 5.91. The standard InChI is InChI=1S/C28H33NO3/c1-3-5-7-8-20-31-25-16-14-23(15-17-25)27-19-18-26(21-29-27)32-28(30)24-12-10-22(11-13-24)9-6-4-2/h10-19,21H,3-9,20H2,1-2H3. The van der Waals surface area contributed by atoms with Crippen LogP contribution in [0.15, 0.2) is 66.9 Å². The van der Waals surface area contributed by atoms with Crippen LogP contribution in [0.2, 0.25) is 0 Å². The Balaban J connectivity index is 1.52. The molecule has 0 fully saturated rings. The fraction of sp³-hybridized carbons (Fsp3) is 0.357. The average Bonchev–Trinajstić information content (AvgIpc) is 2.84. The Morgan fingerprint density at radius 3 is 2.16 bits per heavy atom. The molecule has 0 saturated carbocycles. The molecule has 0 spiro atoms. The Morgan fingerprint density at radius 1 is 0.781 bits per heavy atom. The summed E-state index contributed by atoms with van der Waals surface area (Å²) in [6.45, 7) is 5.13. The summed E-state index contributed by atoms with van der Waals surface area (Å²) >= 11 is 0. The van der Waals surface area contributed by atoms with Gasteiger partial charge in [0.25, 0.3) is 0 Å². The van der Waals surface area contributed by atoms with Crippen LogP contribution in [-0.4, -0.2) is 17.6 Å². The number of carbonyl (C=O) groups is 1. The number of esters is 1. The molecule has 4 heteroatoms. The van der Waals surface area contributed by atoms with Crippen LogP contribution in [0, 0.1) is 0 Å². The van der Waals surface area contributed by atoms with Crippen molar-refractivity contribution in [3.63, 3.8) is 0 Å². The molecule has 4 nitrogen and oxygen atoms in total. The number of rotatable bonds is 12. The molecule has 2 aromatic carbocycles. The highest BCUT2D eigenvalue weighted by Gasteiger charge is 2.09. The van der Waals surface area contributed by atoms with E-state index in [0.717, 1.165) is 49.3 Å². The van der Waals surface area contributed by atoms with Gasteiger partial charge in [-0.15, -0.1) is 0 Å². The molecule has 0 radical (unpaired) electrons. The number of aryl methyl sites for hydroxylation is 1. The van der Waals surface area contributed by atoms with Crippen molar-refractivity contribution < 1.29 is 14.3 Å². The van der Waals surface area contributed by atoms with Crippen molar-refractivity contribution in [1.29, 1.82) is 0 Å². The molecular weight excluding hydrogens is 398 g/mol. The van der Waals surface area contributed by atoms with Gasteiger partial charge in [0.15, 0.2) is 0 Å². The third kappa shape index (κ3) is 7.23. The first-order chi connectivity index (χ1) is 15.7. The number of unbranched alkanes of at least 4 members (excludes halogenated alkanes) is 4. The van der Waals surface area contributed by atoms with Crippen molar-refractivity contribution in [2.75, 3.05) is 6.61 Å². The van der Waals surface area contributed by atoms with Crippen LogP contribution in [0.1, 0.15) is 68.3 Å². The maximum atomic E-state index is 12.4. The zero-order valence-electron chi connectivity index (χ0n) is 19.2. The van der Waals surface area contributed by atoms with Crippen LogP contribution in [0.25, 0.3) is 11.3 Å². The molecule has 32 heavy (non-hydrogen) atoms. The fourth-order valence-electron chi connectivity index (χ4n) is 3.41. The van der Waals surface area contributed by atoms with Gasteiger partial charge in [-0.3, -0.25) is 4.98 Å². The number of pyridine rings is 1. The zero-order valence-corrected chi connectivity index (χ0v) is 19.2. The Kier molecular flexibility index (Phi) is 9.30. The molecule has 0 aliphatic heterocycles. The summed E-state index contributed by atoms with van der Waals surface area (Å²) in [5.74, 6) is 0.930. The zero-order chi connectivity index (χ0) is 22.6. The Labute approximate surface area is 191 Å². The van der Waals surface area contributed by atoms with Crippen LogP contribution >= 0.6 is 0 Å². The van der Waals surface area contributed by atoms with Crippen LogP contribution in [0.3, 0.4) is 0 Å². The van der Waals surface area contributed by atoms with Crippen molar-refractivity contribution in [3.05, 3.63) is 78.0 Å². The van der Waals surface area contributed by atoms with Gasteiger partial charge in [0.1, 0.15) is 11.5 Å². The fourth-order valence-corrected chi connectivity index (χ4v) is 3.41. The smallest absolute Gasteiger partial charge is 0.343 e. The van der Waals surface area contributed by atoms with Crippen LogP contribution in [0.5, 0.6) is 11.5 Å². The third-order valence-corrected chi connectivity index (χ3v) is 5.37. The molecule has 0 N–H and O–H groups in total. The highest BCUT2D eigenvalue weighted by atomic mass is 16.5. The van der Waals surface area contributed by atoms with E-state index < -0.39 is 0 Å². The predicted molar refractivity (Wildman–Crippen MR) is 129 cm³/mol. The molecule has 0 bridgehead atoms. The van der Waals surface area contributed by atoms with Gasteiger partial charge < -0.3 is 9.47 Å². The van der Waals surface area contributed by atoms with E-state index in [1.165, 1.54) is 24.8 Å². The monoisotopic (exact) mass is 431 g/mol. The number of hydrogen-bond acceptors (Lipinski definition) is 4. The summed E-state index contributed by atoms with van der Waals surface area (Å²) in [6, 6.07) is 19.2. The van der Waals surface area contributed by atoms with E-state index in [4.69, 9.17) is 9.47 Å². The molecule has 0 atom stereocenters. The first-order valence-electron chi connectivity index (χ1n) is 11.7. The van der Waals surface area contributed by atoms with E-state index in [1.54, 1.807) is 12.3 Å². The normalized spacial score (nSPS) is 10.7. The molecular formula is C28H33NO3. The quantitative estimate of drug-likeness (QED) is 0.223. The van der Waals surface area contributed by atoms with Crippen LogP contribution in [0.4, 0.5) is 0 Å². The molecule has 168 valence electrons. The number of carbonyl (C=O) groups excluding carboxylic acids is 1. The second-order valence-electron chi connectivity index (χ2n) is 8.00. The second kappa shape index (κ2) is 12.7. The average molecular weight is 432 g/mol. The van der Waals surface area contributed by atoms with E-state index >= 15 is 0 Å². The minimum Gasteiger partial charge on any atom is -0.494 e. The molecule has 0 amide bonds. The molecule has 3 aromatic rings. The summed E-state index contributed by atoms with van der Waals surface area (Å²) in [5, 5.41) is 0. The first kappa shape index (κ1) is 23.5. The maximum absolute atomic E-state index is 12.4. The van der Waals surface area contributed by atoms with Gasteiger partial charge in [-0.1, -0.05) is 51.7 Å². The molecule has 0 aliphatic rings. The summed E-state index contributed by atoms with van der Waals surface area (Å²) in [4.78, 5) is 16.9. The van der Waals surface area contributed by atoms with E-state index in [9.17, 15) is 4.79 Å². The molecule has 1 aromatic heterocycles. The Hall–Kier alpha value is -3.14. The van der Waals surface area contributed by atoms with Crippen molar-refractivity contribution in [2.24, 2.45) is 0 Å². The lowest BCUT2D eigenvalue weighted by Gasteiger charge is -2.08. The van der Waals surface area contributed by atoms with E-state index in [1.807, 2.05) is 54.6 Å². The van der Waals surface area contributed by atoms with E-state index in [2.05, 4.69) is 18.8 Å². The SMILES string of the molecule is CCCCCCOc1ccc(-c2ccc(OC(=O)c3ccc(CCCC)cc3)cn2)cc1. The molecule has 0 unspecified atom stereocenters. The number of benzene rings is 2. The Morgan fingerprint density at radius 2 is 1.50 bits per heavy atom. The predicted octanol–water partition coefficient (Wildman–Crippen LogP) is 7.27. The van der Waals surface area contributed by atoms with Gasteiger partial charge in [-0.05, 0) is 73.4 Å². The molecule has 0 saturated heterocycles. The molecule has 1 heterocycles. The highest BCUT2D eigenvalue weighted by Crippen LogP contribution is 2.23. The number of ether oxygens (including phenoxy) is 2. The minimum absolute atomic E-state index is 0.373. The summed E-state index contributed by atoms with van der Waals surface area (Å²) < 4.78 is 11.3. The number of aromatic nitrogens is 1. The summed E-state index contributed by atoms with van der Waals surface area (Å²) in [5.41, 5.74) is 3.59. The maximum Gasteiger partial charge on any atom is 0.343 e. The van der Waals surface area contributed by atoms with Gasteiger partial charge in [-0.25, -0.2) is 4.79 Å². The van der Waals surface area contributed by atoms with Crippen molar-refractivity contribution >= 4 is 5.97 Å². The van der Waals surface area contributed by atoms with Gasteiger partial charge >= 0.3 is 5.97 Å². The van der Waals surface area contributed by atoms with Crippen molar-refractivity contribution in [3.8, 4) is 22.8 Å². The van der Waals surface area contributed by atoms with Gasteiger partial charge in [0.05, 0.1) is 24.1 Å². The summed E-state index contributed by atoms with van der Waals surface area (Å²) in [6.07, 6.45) is 9.70. The van der Waals surface area contributed by atoms with E-state index in [-0.39, 0.29) is 5.97 Å². The first-order valence-corrected chi connectivity index (χ1v) is 11.7. The largest absolute Gasteiger partial charge is 0.494 e. The van der Waals surface area contributed by atoms with Gasteiger partial charge in [0, 0.05) is 5.56 Å². The van der Waals surface area contributed by atoms with Gasteiger partial charge in [-0.2, -0.15) is 0 Å². The lowest BCUT2D eigenvalue weighted by atomic mass is 10.1. The summed E-state index contributed by atoms with van der Waals surface area (Å²) in [7, 11) is 0. The molecule has 3 rings (SSSR count). The van der Waals surface area contributed by atoms with Crippen LogP contribution in [-0.2, 0) is 6.42 Å².